The number of aromatic nitrogens is 2. The molecule has 0 saturated carbocycles. The van der Waals surface area contributed by atoms with Crippen molar-refractivity contribution in [3.05, 3.63) is 39.2 Å². The number of aryl methyl sites for hydroxylation is 1. The van der Waals surface area contributed by atoms with E-state index in [9.17, 15) is 9.59 Å². The van der Waals surface area contributed by atoms with E-state index in [1.54, 1.807) is 0 Å². The Morgan fingerprint density at radius 2 is 1.85 bits per heavy atom. The maximum absolute atomic E-state index is 12.2. The molecule has 1 atom stereocenters. The van der Waals surface area contributed by atoms with Gasteiger partial charge in [0.1, 0.15) is 15.5 Å². The Morgan fingerprint density at radius 3 is 2.53 bits per heavy atom. The van der Waals surface area contributed by atoms with Gasteiger partial charge in [-0.25, -0.2) is 9.97 Å². The van der Waals surface area contributed by atoms with Gasteiger partial charge in [0.25, 0.3) is 5.91 Å². The fraction of sp³-hybridized carbons (Fsp3) is 0.381. The van der Waals surface area contributed by atoms with Crippen LogP contribution in [0.25, 0.3) is 0 Å². The third kappa shape index (κ3) is 8.62. The Labute approximate surface area is 211 Å². The molecule has 0 aliphatic rings. The molecule has 1 aromatic heterocycles. The number of amides is 1. The molecule has 0 aliphatic carbocycles. The Morgan fingerprint density at radius 1 is 1.15 bits per heavy atom. The highest BCUT2D eigenvalue weighted by molar-refractivity contribution is 14.1. The van der Waals surface area contributed by atoms with Gasteiger partial charge in [0, 0.05) is 13.0 Å². The van der Waals surface area contributed by atoms with E-state index in [1.807, 2.05) is 46.9 Å². The minimum atomic E-state index is -0.693. The molecule has 13 heteroatoms. The Kier molecular flexibility index (Phi) is 10.7. The number of carbonyl (C=O) groups excluding carboxylic acids is 2. The summed E-state index contributed by atoms with van der Waals surface area (Å²) in [6.45, 7) is 0.835. The molecule has 2 aromatic rings. The molecule has 0 saturated heterocycles. The van der Waals surface area contributed by atoms with Crippen LogP contribution in [-0.4, -0.2) is 54.1 Å². The van der Waals surface area contributed by atoms with Crippen molar-refractivity contribution >= 4 is 52.1 Å². The molecule has 0 fully saturated rings. The van der Waals surface area contributed by atoms with Gasteiger partial charge in [-0.1, -0.05) is 12.1 Å². The van der Waals surface area contributed by atoms with Gasteiger partial charge >= 0.3 is 5.97 Å². The largest absolute Gasteiger partial charge is 0.494 e. The lowest BCUT2D eigenvalue weighted by Gasteiger charge is -2.11. The number of nitrogens with one attached hydrogen (secondary N) is 3. The van der Waals surface area contributed by atoms with Gasteiger partial charge < -0.3 is 32.0 Å². The molecule has 9 N–H and O–H groups in total. The number of rotatable bonds is 11. The van der Waals surface area contributed by atoms with Gasteiger partial charge in [0.2, 0.25) is 0 Å². The fourth-order valence-electron chi connectivity index (χ4n) is 2.82. The van der Waals surface area contributed by atoms with Gasteiger partial charge in [-0.2, -0.15) is 0 Å². The van der Waals surface area contributed by atoms with Crippen molar-refractivity contribution in [3.8, 4) is 5.75 Å². The Hall–Kier alpha value is -3.20. The molecule has 0 bridgehead atoms. The summed E-state index contributed by atoms with van der Waals surface area (Å²) in [6.07, 6.45) is 2.91. The molecule has 34 heavy (non-hydrogen) atoms. The van der Waals surface area contributed by atoms with E-state index in [4.69, 9.17) is 27.3 Å². The smallest absolute Gasteiger partial charge is 0.322 e. The van der Waals surface area contributed by atoms with E-state index in [0.717, 1.165) is 24.8 Å². The Bertz CT molecular complexity index is 1000. The van der Waals surface area contributed by atoms with E-state index >= 15 is 0 Å². The molecule has 1 unspecified atom stereocenters. The molecule has 0 radical (unpaired) electrons. The van der Waals surface area contributed by atoms with Crippen molar-refractivity contribution in [3.63, 3.8) is 0 Å². The van der Waals surface area contributed by atoms with E-state index in [2.05, 4.69) is 25.3 Å². The van der Waals surface area contributed by atoms with Gasteiger partial charge in [-0.3, -0.25) is 20.3 Å². The number of unbranched alkanes of at least 4 members (excludes halogenated alkanes) is 1. The minimum absolute atomic E-state index is 0.0797. The highest BCUT2D eigenvalue weighted by Crippen LogP contribution is 2.15. The topological polar surface area (TPSA) is 204 Å². The molecule has 1 aromatic carbocycles. The van der Waals surface area contributed by atoms with Crippen LogP contribution in [0.4, 0.5) is 11.6 Å². The Balaban J connectivity index is 1.64. The van der Waals surface area contributed by atoms with Gasteiger partial charge in [0.05, 0.1) is 13.7 Å². The number of nitrogen functional groups attached to an aromatic ring is 2. The first-order chi connectivity index (χ1) is 16.2. The summed E-state index contributed by atoms with van der Waals surface area (Å²) in [5, 5.41) is 13.1. The van der Waals surface area contributed by atoms with Crippen LogP contribution in [0.2, 0.25) is 0 Å². The van der Waals surface area contributed by atoms with Crippen molar-refractivity contribution in [1.29, 1.82) is 5.41 Å². The van der Waals surface area contributed by atoms with Crippen molar-refractivity contribution in [2.75, 3.05) is 31.7 Å². The zero-order valence-electron chi connectivity index (χ0n) is 18.8. The van der Waals surface area contributed by atoms with Gasteiger partial charge in [0.15, 0.2) is 23.3 Å². The lowest BCUT2D eigenvalue weighted by atomic mass is 10.1. The van der Waals surface area contributed by atoms with E-state index in [-0.39, 0.29) is 23.3 Å². The SMILES string of the molecule is COC(=O)C(N)CCOc1ccc(CCCCNC(=N)NC(=O)c2nc(I)c(N)nc2N)cc1. The molecule has 1 amide bonds. The van der Waals surface area contributed by atoms with Crippen LogP contribution in [-0.2, 0) is 16.0 Å². The number of ether oxygens (including phenoxy) is 2. The van der Waals surface area contributed by atoms with Crippen LogP contribution in [0, 0.1) is 9.11 Å². The molecule has 12 nitrogen and oxygen atoms in total. The first-order valence-corrected chi connectivity index (χ1v) is 11.6. The molecule has 184 valence electrons. The second-order valence-corrected chi connectivity index (χ2v) is 8.28. The molecular formula is C21H29IN8O4. The van der Waals surface area contributed by atoms with Crippen LogP contribution >= 0.6 is 22.6 Å². The molecule has 0 aliphatic heterocycles. The fourth-order valence-corrected chi connectivity index (χ4v) is 3.18. The zero-order valence-corrected chi connectivity index (χ0v) is 20.9. The number of benzene rings is 1. The summed E-state index contributed by atoms with van der Waals surface area (Å²) < 4.78 is 10.5. The normalized spacial score (nSPS) is 11.4. The minimum Gasteiger partial charge on any atom is -0.494 e. The van der Waals surface area contributed by atoms with Crippen LogP contribution in [0.5, 0.6) is 5.75 Å². The predicted molar refractivity (Wildman–Crippen MR) is 136 cm³/mol. The number of halogens is 1. The second-order valence-electron chi connectivity index (χ2n) is 7.26. The van der Waals surface area contributed by atoms with Crippen molar-refractivity contribution < 1.29 is 19.1 Å². The third-order valence-electron chi connectivity index (χ3n) is 4.68. The number of nitrogens with zero attached hydrogens (tertiary/aromatic N) is 2. The number of esters is 1. The third-order valence-corrected chi connectivity index (χ3v) is 5.47. The highest BCUT2D eigenvalue weighted by atomic mass is 127. The summed E-state index contributed by atoms with van der Waals surface area (Å²) >= 11 is 1.85. The first-order valence-electron chi connectivity index (χ1n) is 10.5. The number of hydrogen-bond donors (Lipinski definition) is 6. The van der Waals surface area contributed by atoms with Crippen molar-refractivity contribution in [1.82, 2.24) is 20.6 Å². The molecule has 0 spiro atoms. The van der Waals surface area contributed by atoms with Crippen LogP contribution in [0.1, 0.15) is 35.3 Å². The number of guanidine groups is 1. The standard InChI is InChI=1S/C21H29IN8O4/c1-33-20(32)14(23)9-11-34-13-7-5-12(6-8-13)4-2-3-10-27-21(26)30-19(31)15-17(24)29-18(25)16(22)28-15/h5-8,14H,2-4,9-11,23H2,1H3,(H4,24,25,29)(H3,26,27,30,31). The maximum atomic E-state index is 12.2. The number of hydrogen-bond acceptors (Lipinski definition) is 10. The van der Waals surface area contributed by atoms with Crippen LogP contribution in [0.3, 0.4) is 0 Å². The van der Waals surface area contributed by atoms with E-state index < -0.39 is 17.9 Å². The predicted octanol–water partition coefficient (Wildman–Crippen LogP) is 0.792. The number of anilines is 2. The maximum Gasteiger partial charge on any atom is 0.322 e. The average molecular weight is 584 g/mol. The van der Waals surface area contributed by atoms with Crippen molar-refractivity contribution in [2.24, 2.45) is 5.73 Å². The van der Waals surface area contributed by atoms with Crippen molar-refractivity contribution in [2.45, 2.75) is 31.7 Å². The lowest BCUT2D eigenvalue weighted by molar-refractivity contribution is -0.142. The summed E-state index contributed by atoms with van der Waals surface area (Å²) in [4.78, 5) is 31.4. The number of methoxy groups -OCH3 is 1. The van der Waals surface area contributed by atoms with E-state index in [0.29, 0.717) is 29.0 Å². The van der Waals surface area contributed by atoms with E-state index in [1.165, 1.54) is 7.11 Å². The van der Waals surface area contributed by atoms with Gasteiger partial charge in [-0.05, 0) is 59.5 Å². The molecule has 1 heterocycles. The number of nitrogens with two attached hydrogens (primary N) is 3. The quantitative estimate of drug-likeness (QED) is 0.0720. The summed E-state index contributed by atoms with van der Waals surface area (Å²) in [6, 6.07) is 7.00. The molecular weight excluding hydrogens is 555 g/mol. The van der Waals surface area contributed by atoms with Gasteiger partial charge in [-0.15, -0.1) is 0 Å². The monoisotopic (exact) mass is 584 g/mol. The van der Waals surface area contributed by atoms with Crippen LogP contribution in [0.15, 0.2) is 24.3 Å². The average Bonchev–Trinajstić information content (AvgIpc) is 2.81. The second kappa shape index (κ2) is 13.5. The molecule has 2 rings (SSSR count). The lowest BCUT2D eigenvalue weighted by Crippen LogP contribution is -2.41. The zero-order chi connectivity index (χ0) is 25.1. The first kappa shape index (κ1) is 27.0. The summed E-state index contributed by atoms with van der Waals surface area (Å²) in [5.74, 6) is -0.481. The summed E-state index contributed by atoms with van der Waals surface area (Å²) in [5.41, 5.74) is 18.0. The van der Waals surface area contributed by atoms with Crippen LogP contribution < -0.4 is 32.6 Å². The number of carbonyl (C=O) groups is 2. The summed E-state index contributed by atoms with van der Waals surface area (Å²) in [7, 11) is 1.30. The highest BCUT2D eigenvalue weighted by Gasteiger charge is 2.17.